The van der Waals surface area contributed by atoms with Crippen LogP contribution < -0.4 is 5.32 Å². The third-order valence-electron chi connectivity index (χ3n) is 2.57. The van der Waals surface area contributed by atoms with Crippen molar-refractivity contribution in [1.29, 1.82) is 0 Å². The Morgan fingerprint density at radius 2 is 2.12 bits per heavy atom. The lowest BCUT2D eigenvalue weighted by molar-refractivity contribution is 0.0931. The predicted octanol–water partition coefficient (Wildman–Crippen LogP) is 2.99. The Hall–Kier alpha value is -1.02. The van der Waals surface area contributed by atoms with Gasteiger partial charge in [0.25, 0.3) is 5.91 Å². The molecule has 1 aromatic rings. The summed E-state index contributed by atoms with van der Waals surface area (Å²) in [6.07, 6.45) is 0. The summed E-state index contributed by atoms with van der Waals surface area (Å²) in [5, 5.41) is 2.94. The molecule has 0 aromatic heterocycles. The number of hydrogen-bond acceptors (Lipinski definition) is 1. The maximum atomic E-state index is 11.9. The maximum Gasteiger partial charge on any atom is 0.251 e. The van der Waals surface area contributed by atoms with Gasteiger partial charge in [0, 0.05) is 17.5 Å². The van der Waals surface area contributed by atoms with Crippen LogP contribution in [-0.2, 0) is 0 Å². The monoisotopic (exact) mass is 239 g/mol. The van der Waals surface area contributed by atoms with Gasteiger partial charge in [0.1, 0.15) is 0 Å². The smallest absolute Gasteiger partial charge is 0.251 e. The Morgan fingerprint density at radius 3 is 2.62 bits per heavy atom. The number of carbonyl (C=O) groups is 1. The first-order chi connectivity index (χ1) is 7.54. The van der Waals surface area contributed by atoms with Gasteiger partial charge < -0.3 is 5.32 Å². The molecule has 0 spiro atoms. The highest BCUT2D eigenvalue weighted by atomic mass is 35.5. The van der Waals surface area contributed by atoms with E-state index in [4.69, 9.17) is 11.6 Å². The Balaban J connectivity index is 2.72. The minimum Gasteiger partial charge on any atom is -0.348 e. The van der Waals surface area contributed by atoms with Crippen molar-refractivity contribution in [3.63, 3.8) is 0 Å². The van der Waals surface area contributed by atoms with Crippen molar-refractivity contribution in [2.45, 2.75) is 26.8 Å². The quantitative estimate of drug-likeness (QED) is 0.805. The highest BCUT2D eigenvalue weighted by molar-refractivity contribution is 6.18. The van der Waals surface area contributed by atoms with E-state index in [1.54, 1.807) is 0 Å². The van der Waals surface area contributed by atoms with Gasteiger partial charge in [-0.15, -0.1) is 11.6 Å². The molecule has 0 saturated carbocycles. The van der Waals surface area contributed by atoms with Crippen LogP contribution in [0.5, 0.6) is 0 Å². The molecule has 0 fully saturated rings. The molecule has 1 N–H and O–H groups in total. The Kier molecular flexibility index (Phi) is 4.81. The van der Waals surface area contributed by atoms with Gasteiger partial charge in [-0.25, -0.2) is 0 Å². The van der Waals surface area contributed by atoms with Crippen molar-refractivity contribution in [1.82, 2.24) is 5.32 Å². The van der Waals surface area contributed by atoms with Gasteiger partial charge >= 0.3 is 0 Å². The minimum atomic E-state index is -0.0527. The number of carbonyl (C=O) groups excluding carboxylic acids is 1. The maximum absolute atomic E-state index is 11.9. The summed E-state index contributed by atoms with van der Waals surface area (Å²) in [6, 6.07) is 7.57. The number of nitrogens with one attached hydrogen (secondary N) is 1. The van der Waals surface area contributed by atoms with Crippen LogP contribution in [0.3, 0.4) is 0 Å². The number of benzene rings is 1. The minimum absolute atomic E-state index is 0.0229. The van der Waals surface area contributed by atoms with E-state index in [0.29, 0.717) is 17.4 Å². The average Bonchev–Trinajstić information content (AvgIpc) is 2.25. The molecule has 0 saturated heterocycles. The third-order valence-corrected chi connectivity index (χ3v) is 2.90. The lowest BCUT2D eigenvalue weighted by Crippen LogP contribution is -2.39. The first-order valence-corrected chi connectivity index (χ1v) is 6.01. The first kappa shape index (κ1) is 13.0. The van der Waals surface area contributed by atoms with Crippen molar-refractivity contribution in [3.8, 4) is 0 Å². The van der Waals surface area contributed by atoms with E-state index in [1.807, 2.05) is 45.0 Å². The summed E-state index contributed by atoms with van der Waals surface area (Å²) in [6.45, 7) is 6.06. The topological polar surface area (TPSA) is 29.1 Å². The van der Waals surface area contributed by atoms with E-state index in [9.17, 15) is 4.79 Å². The molecule has 0 aliphatic heterocycles. The molecule has 1 atom stereocenters. The highest BCUT2D eigenvalue weighted by Crippen LogP contribution is 2.07. The van der Waals surface area contributed by atoms with E-state index in [0.717, 1.165) is 5.56 Å². The SMILES string of the molecule is Cc1cccc(C(=O)NC(CCl)C(C)C)c1. The lowest BCUT2D eigenvalue weighted by atomic mass is 10.1. The molecule has 1 amide bonds. The van der Waals surface area contributed by atoms with Crippen molar-refractivity contribution in [3.05, 3.63) is 35.4 Å². The van der Waals surface area contributed by atoms with Crippen LogP contribution in [0.25, 0.3) is 0 Å². The normalized spacial score (nSPS) is 12.6. The van der Waals surface area contributed by atoms with Gasteiger partial charge in [0.05, 0.1) is 0 Å². The number of rotatable bonds is 4. The summed E-state index contributed by atoms with van der Waals surface area (Å²) in [5.74, 6) is 0.726. The number of halogens is 1. The summed E-state index contributed by atoms with van der Waals surface area (Å²) in [5.41, 5.74) is 1.77. The second kappa shape index (κ2) is 5.90. The summed E-state index contributed by atoms with van der Waals surface area (Å²) in [4.78, 5) is 11.9. The molecule has 1 unspecified atom stereocenters. The van der Waals surface area contributed by atoms with E-state index < -0.39 is 0 Å². The van der Waals surface area contributed by atoms with Crippen molar-refractivity contribution in [2.75, 3.05) is 5.88 Å². The number of alkyl halides is 1. The number of amides is 1. The van der Waals surface area contributed by atoms with Crippen LogP contribution >= 0.6 is 11.6 Å². The van der Waals surface area contributed by atoms with Crippen LogP contribution in [0.1, 0.15) is 29.8 Å². The van der Waals surface area contributed by atoms with Crippen molar-refractivity contribution >= 4 is 17.5 Å². The lowest BCUT2D eigenvalue weighted by Gasteiger charge is -2.19. The summed E-state index contributed by atoms with van der Waals surface area (Å²) in [7, 11) is 0. The molecule has 88 valence electrons. The molecular formula is C13H18ClNO. The fraction of sp³-hybridized carbons (Fsp3) is 0.462. The Morgan fingerprint density at radius 1 is 1.44 bits per heavy atom. The molecule has 0 aliphatic carbocycles. The van der Waals surface area contributed by atoms with Crippen molar-refractivity contribution < 1.29 is 4.79 Å². The van der Waals surface area contributed by atoms with Gasteiger partial charge in [0.15, 0.2) is 0 Å². The van der Waals surface area contributed by atoms with Crippen LogP contribution in [0.2, 0.25) is 0 Å². The zero-order valence-corrected chi connectivity index (χ0v) is 10.7. The fourth-order valence-corrected chi connectivity index (χ4v) is 1.85. The highest BCUT2D eigenvalue weighted by Gasteiger charge is 2.15. The van der Waals surface area contributed by atoms with Crippen LogP contribution in [0, 0.1) is 12.8 Å². The second-order valence-corrected chi connectivity index (χ2v) is 4.66. The molecule has 1 aromatic carbocycles. The molecule has 0 heterocycles. The van der Waals surface area contributed by atoms with Crippen molar-refractivity contribution in [2.24, 2.45) is 5.92 Å². The van der Waals surface area contributed by atoms with Gasteiger partial charge in [0.2, 0.25) is 0 Å². The van der Waals surface area contributed by atoms with Gasteiger partial charge in [-0.1, -0.05) is 31.5 Å². The molecular weight excluding hydrogens is 222 g/mol. The van der Waals surface area contributed by atoms with E-state index in [-0.39, 0.29) is 11.9 Å². The molecule has 2 nitrogen and oxygen atoms in total. The van der Waals surface area contributed by atoms with E-state index >= 15 is 0 Å². The van der Waals surface area contributed by atoms with Crippen LogP contribution in [0.15, 0.2) is 24.3 Å². The summed E-state index contributed by atoms with van der Waals surface area (Å²) >= 11 is 5.81. The molecule has 16 heavy (non-hydrogen) atoms. The largest absolute Gasteiger partial charge is 0.348 e. The average molecular weight is 240 g/mol. The number of hydrogen-bond donors (Lipinski definition) is 1. The molecule has 3 heteroatoms. The number of aryl methyl sites for hydroxylation is 1. The Labute approximate surface area is 102 Å². The first-order valence-electron chi connectivity index (χ1n) is 5.48. The second-order valence-electron chi connectivity index (χ2n) is 4.35. The van der Waals surface area contributed by atoms with E-state index in [1.165, 1.54) is 0 Å². The Bertz CT molecular complexity index is 363. The molecule has 1 rings (SSSR count). The van der Waals surface area contributed by atoms with E-state index in [2.05, 4.69) is 5.32 Å². The van der Waals surface area contributed by atoms with Gasteiger partial charge in [-0.2, -0.15) is 0 Å². The fourth-order valence-electron chi connectivity index (χ4n) is 1.42. The van der Waals surface area contributed by atoms with Crippen LogP contribution in [0.4, 0.5) is 0 Å². The standard InChI is InChI=1S/C13H18ClNO/c1-9(2)12(8-14)15-13(16)11-6-4-5-10(3)7-11/h4-7,9,12H,8H2,1-3H3,(H,15,16). The molecule has 0 aliphatic rings. The zero-order chi connectivity index (χ0) is 12.1. The van der Waals surface area contributed by atoms with Crippen LogP contribution in [-0.4, -0.2) is 17.8 Å². The van der Waals surface area contributed by atoms with Gasteiger partial charge in [-0.3, -0.25) is 4.79 Å². The predicted molar refractivity (Wildman–Crippen MR) is 68.0 cm³/mol. The summed E-state index contributed by atoms with van der Waals surface area (Å²) < 4.78 is 0. The molecule has 0 radical (unpaired) electrons. The zero-order valence-electron chi connectivity index (χ0n) is 9.96. The third kappa shape index (κ3) is 3.53. The van der Waals surface area contributed by atoms with Gasteiger partial charge in [-0.05, 0) is 25.0 Å². The molecule has 0 bridgehead atoms.